The smallest absolute Gasteiger partial charge is 0.311 e. The lowest BCUT2D eigenvalue weighted by Gasteiger charge is -2.22. The van der Waals surface area contributed by atoms with Crippen LogP contribution in [0.3, 0.4) is 0 Å². The average Bonchev–Trinajstić information content (AvgIpc) is 2.69. The number of pyridine rings is 1. The molecule has 1 aliphatic rings. The van der Waals surface area contributed by atoms with Crippen LogP contribution in [-0.2, 0) is 11.2 Å². The van der Waals surface area contributed by atoms with E-state index in [4.69, 9.17) is 0 Å². The lowest BCUT2D eigenvalue weighted by Crippen LogP contribution is -2.35. The van der Waals surface area contributed by atoms with Crippen LogP contribution in [0.15, 0.2) is 24.5 Å². The summed E-state index contributed by atoms with van der Waals surface area (Å²) in [6.07, 6.45) is 4.69. The number of nitrogens with zero attached hydrogens (tertiary/aromatic N) is 1. The molecule has 2 N–H and O–H groups in total. The normalized spacial score (nSPS) is 25.3. The van der Waals surface area contributed by atoms with Gasteiger partial charge in [0.15, 0.2) is 0 Å². The predicted octanol–water partition coefficient (Wildman–Crippen LogP) is 0.688. The number of aromatic nitrogens is 1. The first kappa shape index (κ1) is 10.1. The molecule has 4 heteroatoms. The highest BCUT2D eigenvalue weighted by molar-refractivity contribution is 5.76. The minimum Gasteiger partial charge on any atom is -0.481 e. The zero-order valence-corrected chi connectivity index (χ0v) is 8.44. The van der Waals surface area contributed by atoms with Crippen molar-refractivity contribution in [3.05, 3.63) is 30.1 Å². The van der Waals surface area contributed by atoms with Gasteiger partial charge < -0.3 is 10.4 Å². The third-order valence-corrected chi connectivity index (χ3v) is 2.96. The predicted molar refractivity (Wildman–Crippen MR) is 55.5 cm³/mol. The molecule has 15 heavy (non-hydrogen) atoms. The van der Waals surface area contributed by atoms with Crippen molar-refractivity contribution >= 4 is 5.97 Å². The average molecular weight is 206 g/mol. The monoisotopic (exact) mass is 206 g/mol. The molecule has 1 atom stereocenters. The number of carboxylic acids is 1. The molecule has 1 saturated heterocycles. The van der Waals surface area contributed by atoms with E-state index in [2.05, 4.69) is 10.3 Å². The second-order valence-electron chi connectivity index (χ2n) is 4.05. The van der Waals surface area contributed by atoms with Gasteiger partial charge in [-0.2, -0.15) is 0 Å². The van der Waals surface area contributed by atoms with Crippen LogP contribution < -0.4 is 5.32 Å². The largest absolute Gasteiger partial charge is 0.481 e. The van der Waals surface area contributed by atoms with Crippen LogP contribution in [0.5, 0.6) is 0 Å². The number of carboxylic acid groups (broad SMARTS) is 1. The van der Waals surface area contributed by atoms with E-state index in [-0.39, 0.29) is 0 Å². The van der Waals surface area contributed by atoms with Crippen molar-refractivity contribution in [2.75, 3.05) is 13.1 Å². The Balaban J connectivity index is 2.18. The highest BCUT2D eigenvalue weighted by Gasteiger charge is 2.41. The van der Waals surface area contributed by atoms with Crippen LogP contribution in [0, 0.1) is 5.41 Å². The van der Waals surface area contributed by atoms with E-state index in [0.29, 0.717) is 19.4 Å². The van der Waals surface area contributed by atoms with E-state index in [0.717, 1.165) is 12.1 Å². The van der Waals surface area contributed by atoms with Gasteiger partial charge in [-0.25, -0.2) is 0 Å². The highest BCUT2D eigenvalue weighted by Crippen LogP contribution is 2.30. The van der Waals surface area contributed by atoms with Gasteiger partial charge in [-0.1, -0.05) is 6.07 Å². The second kappa shape index (κ2) is 3.98. The van der Waals surface area contributed by atoms with Gasteiger partial charge in [0.25, 0.3) is 0 Å². The summed E-state index contributed by atoms with van der Waals surface area (Å²) in [5.74, 6) is -0.712. The zero-order valence-electron chi connectivity index (χ0n) is 8.44. The summed E-state index contributed by atoms with van der Waals surface area (Å²) >= 11 is 0. The Bertz CT molecular complexity index is 345. The maximum atomic E-state index is 11.3. The number of carbonyl (C=O) groups is 1. The topological polar surface area (TPSA) is 62.2 Å². The van der Waals surface area contributed by atoms with E-state index in [1.807, 2.05) is 12.1 Å². The molecule has 1 fully saturated rings. The summed E-state index contributed by atoms with van der Waals surface area (Å²) < 4.78 is 0. The van der Waals surface area contributed by atoms with E-state index >= 15 is 0 Å². The Labute approximate surface area is 88.3 Å². The lowest BCUT2D eigenvalue weighted by molar-refractivity contribution is -0.147. The summed E-state index contributed by atoms with van der Waals surface area (Å²) in [4.78, 5) is 15.3. The van der Waals surface area contributed by atoms with E-state index < -0.39 is 11.4 Å². The van der Waals surface area contributed by atoms with E-state index in [1.165, 1.54) is 0 Å². The Morgan fingerprint density at radius 1 is 1.67 bits per heavy atom. The fraction of sp³-hybridized carbons (Fsp3) is 0.455. The summed E-state index contributed by atoms with van der Waals surface area (Å²) in [5.41, 5.74) is 0.354. The Morgan fingerprint density at radius 2 is 2.53 bits per heavy atom. The fourth-order valence-corrected chi connectivity index (χ4v) is 2.05. The Morgan fingerprint density at radius 3 is 3.07 bits per heavy atom. The zero-order chi connectivity index (χ0) is 10.7. The van der Waals surface area contributed by atoms with Crippen molar-refractivity contribution in [2.45, 2.75) is 12.8 Å². The van der Waals surface area contributed by atoms with Crippen molar-refractivity contribution in [3.8, 4) is 0 Å². The summed E-state index contributed by atoms with van der Waals surface area (Å²) in [6.45, 7) is 1.34. The fourth-order valence-electron chi connectivity index (χ4n) is 2.05. The van der Waals surface area contributed by atoms with Gasteiger partial charge in [0.1, 0.15) is 0 Å². The van der Waals surface area contributed by atoms with Crippen molar-refractivity contribution in [1.82, 2.24) is 10.3 Å². The van der Waals surface area contributed by atoms with Crippen LogP contribution in [0.4, 0.5) is 0 Å². The molecule has 0 aliphatic carbocycles. The van der Waals surface area contributed by atoms with Gasteiger partial charge in [0, 0.05) is 18.9 Å². The van der Waals surface area contributed by atoms with Crippen LogP contribution in [0.25, 0.3) is 0 Å². The van der Waals surface area contributed by atoms with Crippen molar-refractivity contribution in [2.24, 2.45) is 5.41 Å². The minimum absolute atomic E-state index is 0.553. The first-order valence-corrected chi connectivity index (χ1v) is 5.06. The van der Waals surface area contributed by atoms with Crippen molar-refractivity contribution in [1.29, 1.82) is 0 Å². The molecular formula is C11H14N2O2. The number of hydrogen-bond donors (Lipinski definition) is 2. The molecule has 0 saturated carbocycles. The molecule has 80 valence electrons. The summed E-state index contributed by atoms with van der Waals surface area (Å²) in [7, 11) is 0. The molecule has 0 aromatic carbocycles. The minimum atomic E-state index is -0.712. The van der Waals surface area contributed by atoms with Crippen LogP contribution in [-0.4, -0.2) is 29.1 Å². The highest BCUT2D eigenvalue weighted by atomic mass is 16.4. The quantitative estimate of drug-likeness (QED) is 0.763. The Hall–Kier alpha value is -1.42. The van der Waals surface area contributed by atoms with Crippen LogP contribution in [0.1, 0.15) is 12.0 Å². The van der Waals surface area contributed by atoms with Gasteiger partial charge in [-0.15, -0.1) is 0 Å². The number of nitrogens with one attached hydrogen (secondary N) is 1. The van der Waals surface area contributed by atoms with E-state index in [1.54, 1.807) is 12.4 Å². The lowest BCUT2D eigenvalue weighted by atomic mass is 9.81. The molecule has 1 aliphatic heterocycles. The molecule has 1 aromatic heterocycles. The first-order valence-electron chi connectivity index (χ1n) is 5.06. The molecule has 1 aromatic rings. The molecule has 0 spiro atoms. The second-order valence-corrected chi connectivity index (χ2v) is 4.05. The molecule has 0 amide bonds. The number of hydrogen-bond acceptors (Lipinski definition) is 3. The summed E-state index contributed by atoms with van der Waals surface area (Å²) in [6, 6.07) is 3.77. The van der Waals surface area contributed by atoms with Crippen LogP contribution in [0.2, 0.25) is 0 Å². The first-order chi connectivity index (χ1) is 7.23. The third-order valence-electron chi connectivity index (χ3n) is 2.96. The summed E-state index contributed by atoms with van der Waals surface area (Å²) in [5, 5.41) is 12.4. The maximum absolute atomic E-state index is 11.3. The molecule has 2 heterocycles. The molecule has 0 bridgehead atoms. The maximum Gasteiger partial charge on any atom is 0.311 e. The molecule has 0 radical (unpaired) electrons. The SMILES string of the molecule is O=C(O)C1(Cc2cccnc2)CCNC1. The Kier molecular flexibility index (Phi) is 2.68. The molecule has 1 unspecified atom stereocenters. The molecule has 2 rings (SSSR count). The van der Waals surface area contributed by atoms with Gasteiger partial charge in [-0.05, 0) is 31.0 Å². The van der Waals surface area contributed by atoms with E-state index in [9.17, 15) is 9.90 Å². The van der Waals surface area contributed by atoms with Gasteiger partial charge in [-0.3, -0.25) is 9.78 Å². The standard InChI is InChI=1S/C11H14N2O2/c14-10(15)11(3-5-13-8-11)6-9-2-1-4-12-7-9/h1-2,4,7,13H,3,5-6,8H2,(H,14,15). The third kappa shape index (κ3) is 1.99. The number of aliphatic carboxylic acids is 1. The van der Waals surface area contributed by atoms with Gasteiger partial charge in [0.05, 0.1) is 5.41 Å². The molecule has 4 nitrogen and oxygen atoms in total. The van der Waals surface area contributed by atoms with Gasteiger partial charge >= 0.3 is 5.97 Å². The molecular weight excluding hydrogens is 192 g/mol. The van der Waals surface area contributed by atoms with Crippen molar-refractivity contribution < 1.29 is 9.90 Å². The van der Waals surface area contributed by atoms with Gasteiger partial charge in [0.2, 0.25) is 0 Å². The van der Waals surface area contributed by atoms with Crippen LogP contribution >= 0.6 is 0 Å². The number of rotatable bonds is 3. The van der Waals surface area contributed by atoms with Crippen molar-refractivity contribution in [3.63, 3.8) is 0 Å².